The summed E-state index contributed by atoms with van der Waals surface area (Å²) in [6.45, 7) is 2.07. The normalized spacial score (nSPS) is 23.2. The molecule has 25 heavy (non-hydrogen) atoms. The maximum Gasteiger partial charge on any atom is 0.308 e. The zero-order chi connectivity index (χ0) is 18.4. The highest BCUT2D eigenvalue weighted by Gasteiger charge is 2.34. The number of hydrogen-bond donors (Lipinski definition) is 0. The summed E-state index contributed by atoms with van der Waals surface area (Å²) in [5, 5.41) is 0. The highest BCUT2D eigenvalue weighted by molar-refractivity contribution is 5.70. The Labute approximate surface area is 152 Å². The summed E-state index contributed by atoms with van der Waals surface area (Å²) in [7, 11) is 2.97. The van der Waals surface area contributed by atoms with Crippen molar-refractivity contribution in [3.05, 3.63) is 24.3 Å². The van der Waals surface area contributed by atoms with Gasteiger partial charge in [-0.3, -0.25) is 4.79 Å². The fraction of sp³-hybridized carbons (Fsp3) is 0.750. The zero-order valence-electron chi connectivity index (χ0n) is 16.0. The number of hydrogen-bond acceptors (Lipinski definition) is 5. The van der Waals surface area contributed by atoms with Crippen LogP contribution in [-0.4, -0.2) is 32.1 Å². The summed E-state index contributed by atoms with van der Waals surface area (Å²) in [5.74, 6) is -1.16. The van der Waals surface area contributed by atoms with Gasteiger partial charge in [-0.05, 0) is 32.3 Å². The van der Waals surface area contributed by atoms with Gasteiger partial charge in [-0.1, -0.05) is 50.3 Å². The molecule has 0 radical (unpaired) electrons. The molecule has 0 spiro atoms. The quantitative estimate of drug-likeness (QED) is 0.204. The van der Waals surface area contributed by atoms with Crippen molar-refractivity contribution in [2.24, 2.45) is 0 Å². The summed E-state index contributed by atoms with van der Waals surface area (Å²) in [6.07, 6.45) is 18.3. The van der Waals surface area contributed by atoms with E-state index in [4.69, 9.17) is 14.5 Å². The molecular formula is C20H34O5. The molecule has 1 aliphatic rings. The average molecular weight is 354 g/mol. The van der Waals surface area contributed by atoms with Crippen molar-refractivity contribution < 1.29 is 24.0 Å². The molecule has 0 saturated heterocycles. The molecule has 2 atom stereocenters. The van der Waals surface area contributed by atoms with Gasteiger partial charge in [0.05, 0.1) is 13.5 Å². The lowest BCUT2D eigenvalue weighted by Gasteiger charge is -2.32. The molecule has 0 aliphatic carbocycles. The van der Waals surface area contributed by atoms with Gasteiger partial charge in [0.2, 0.25) is 5.79 Å². The third-order valence-electron chi connectivity index (χ3n) is 4.45. The number of ether oxygens (including phenoxy) is 2. The SMILES string of the molecule is C/C=C/CCCCCCCCCC1(OC)C=CC(CC(=O)OC)OO1. The Bertz CT molecular complexity index is 418. The van der Waals surface area contributed by atoms with Crippen molar-refractivity contribution in [1.82, 2.24) is 0 Å². The van der Waals surface area contributed by atoms with Gasteiger partial charge in [0, 0.05) is 13.5 Å². The number of methoxy groups -OCH3 is 2. The highest BCUT2D eigenvalue weighted by Crippen LogP contribution is 2.28. The first-order valence-corrected chi connectivity index (χ1v) is 9.42. The monoisotopic (exact) mass is 354 g/mol. The Morgan fingerprint density at radius 2 is 1.80 bits per heavy atom. The third kappa shape index (κ3) is 9.19. The van der Waals surface area contributed by atoms with E-state index in [-0.39, 0.29) is 12.4 Å². The van der Waals surface area contributed by atoms with Gasteiger partial charge in [0.1, 0.15) is 6.10 Å². The van der Waals surface area contributed by atoms with Crippen LogP contribution in [0, 0.1) is 0 Å². The van der Waals surface area contributed by atoms with Crippen molar-refractivity contribution >= 4 is 5.97 Å². The van der Waals surface area contributed by atoms with E-state index in [1.807, 2.05) is 12.2 Å². The van der Waals surface area contributed by atoms with E-state index >= 15 is 0 Å². The molecule has 1 heterocycles. The summed E-state index contributed by atoms with van der Waals surface area (Å²) < 4.78 is 10.1. The molecule has 144 valence electrons. The van der Waals surface area contributed by atoms with Crippen LogP contribution < -0.4 is 0 Å². The maximum atomic E-state index is 11.3. The maximum absolute atomic E-state index is 11.3. The molecule has 0 bridgehead atoms. The molecule has 1 aliphatic heterocycles. The highest BCUT2D eigenvalue weighted by atomic mass is 17.2. The molecule has 0 aromatic heterocycles. The Balaban J connectivity index is 2.15. The Morgan fingerprint density at radius 3 is 2.36 bits per heavy atom. The van der Waals surface area contributed by atoms with Gasteiger partial charge >= 0.3 is 5.97 Å². The summed E-state index contributed by atoms with van der Waals surface area (Å²) in [4.78, 5) is 22.0. The minimum absolute atomic E-state index is 0.140. The molecular weight excluding hydrogens is 320 g/mol. The average Bonchev–Trinajstić information content (AvgIpc) is 2.64. The second-order valence-electron chi connectivity index (χ2n) is 6.46. The van der Waals surface area contributed by atoms with E-state index in [9.17, 15) is 4.79 Å². The Kier molecular flexibility index (Phi) is 11.5. The van der Waals surface area contributed by atoms with Gasteiger partial charge in [-0.25, -0.2) is 4.89 Å². The number of unbranched alkanes of at least 4 members (excludes halogenated alkanes) is 7. The van der Waals surface area contributed by atoms with E-state index < -0.39 is 11.9 Å². The van der Waals surface area contributed by atoms with Crippen LogP contribution in [0.25, 0.3) is 0 Å². The van der Waals surface area contributed by atoms with Crippen LogP contribution in [0.5, 0.6) is 0 Å². The largest absolute Gasteiger partial charge is 0.469 e. The molecule has 2 unspecified atom stereocenters. The van der Waals surface area contributed by atoms with Crippen LogP contribution in [0.1, 0.15) is 71.1 Å². The van der Waals surface area contributed by atoms with Crippen LogP contribution >= 0.6 is 0 Å². The van der Waals surface area contributed by atoms with Gasteiger partial charge in [-0.15, -0.1) is 0 Å². The summed E-state index contributed by atoms with van der Waals surface area (Å²) in [6, 6.07) is 0. The van der Waals surface area contributed by atoms with E-state index in [0.717, 1.165) is 19.3 Å². The smallest absolute Gasteiger partial charge is 0.308 e. The molecule has 0 amide bonds. The van der Waals surface area contributed by atoms with E-state index in [1.165, 1.54) is 45.6 Å². The predicted octanol–water partition coefficient (Wildman–Crippen LogP) is 4.87. The fourth-order valence-electron chi connectivity index (χ4n) is 2.82. The van der Waals surface area contributed by atoms with Crippen LogP contribution in [0.4, 0.5) is 0 Å². The second kappa shape index (κ2) is 13.1. The standard InChI is InChI=1S/C20H34O5/c1-4-5-6-7-8-9-10-11-12-13-15-20(23-3)16-14-18(24-25-20)17-19(21)22-2/h4-5,14,16,18H,6-13,15,17H2,1-3H3/b5-4+. The van der Waals surface area contributed by atoms with Crippen molar-refractivity contribution in [3.63, 3.8) is 0 Å². The van der Waals surface area contributed by atoms with E-state index in [0.29, 0.717) is 0 Å². The molecule has 1 rings (SSSR count). The number of rotatable bonds is 13. The van der Waals surface area contributed by atoms with Gasteiger partial charge < -0.3 is 9.47 Å². The zero-order valence-corrected chi connectivity index (χ0v) is 16.0. The minimum Gasteiger partial charge on any atom is -0.469 e. The van der Waals surface area contributed by atoms with Crippen molar-refractivity contribution in [1.29, 1.82) is 0 Å². The number of allylic oxidation sites excluding steroid dienone is 2. The first-order valence-electron chi connectivity index (χ1n) is 9.42. The number of carbonyl (C=O) groups excluding carboxylic acids is 1. The molecule has 0 aromatic rings. The van der Waals surface area contributed by atoms with Crippen molar-refractivity contribution in [2.75, 3.05) is 14.2 Å². The number of esters is 1. The van der Waals surface area contributed by atoms with Crippen molar-refractivity contribution in [2.45, 2.75) is 83.0 Å². The van der Waals surface area contributed by atoms with E-state index in [2.05, 4.69) is 23.8 Å². The molecule has 0 aromatic carbocycles. The number of carbonyl (C=O) groups is 1. The molecule has 0 fully saturated rings. The van der Waals surface area contributed by atoms with Crippen LogP contribution in [0.2, 0.25) is 0 Å². The van der Waals surface area contributed by atoms with E-state index in [1.54, 1.807) is 7.11 Å². The summed E-state index contributed by atoms with van der Waals surface area (Å²) >= 11 is 0. The second-order valence-corrected chi connectivity index (χ2v) is 6.46. The third-order valence-corrected chi connectivity index (χ3v) is 4.45. The first-order chi connectivity index (χ1) is 12.2. The lowest BCUT2D eigenvalue weighted by Crippen LogP contribution is -2.38. The van der Waals surface area contributed by atoms with Crippen molar-refractivity contribution in [3.8, 4) is 0 Å². The molecule has 5 nitrogen and oxygen atoms in total. The Hall–Kier alpha value is -1.17. The lowest BCUT2D eigenvalue weighted by molar-refractivity contribution is -0.428. The minimum atomic E-state index is -0.834. The van der Waals surface area contributed by atoms with Crippen LogP contribution in [0.15, 0.2) is 24.3 Å². The molecule has 5 heteroatoms. The lowest BCUT2D eigenvalue weighted by atomic mass is 10.0. The molecule has 0 saturated carbocycles. The van der Waals surface area contributed by atoms with Crippen LogP contribution in [0.3, 0.4) is 0 Å². The van der Waals surface area contributed by atoms with Gasteiger partial charge in [0.25, 0.3) is 0 Å². The first kappa shape index (κ1) is 21.9. The van der Waals surface area contributed by atoms with Gasteiger partial charge in [0.15, 0.2) is 0 Å². The molecule has 0 N–H and O–H groups in total. The van der Waals surface area contributed by atoms with Crippen LogP contribution in [-0.2, 0) is 24.0 Å². The Morgan fingerprint density at radius 1 is 1.12 bits per heavy atom. The summed E-state index contributed by atoms with van der Waals surface area (Å²) in [5.41, 5.74) is 0. The fourth-order valence-corrected chi connectivity index (χ4v) is 2.82. The predicted molar refractivity (Wildman–Crippen MR) is 97.8 cm³/mol. The van der Waals surface area contributed by atoms with Gasteiger partial charge in [-0.2, -0.15) is 4.89 Å². The topological polar surface area (TPSA) is 54.0 Å².